The number of ether oxygens (including phenoxy) is 1. The van der Waals surface area contributed by atoms with E-state index in [-0.39, 0.29) is 0 Å². The molecule has 0 fully saturated rings. The van der Waals surface area contributed by atoms with E-state index in [4.69, 9.17) is 9.15 Å². The molecular formula is C21H16BrN5O2S. The Kier molecular flexibility index (Phi) is 4.92. The van der Waals surface area contributed by atoms with Gasteiger partial charge in [0.05, 0.1) is 18.4 Å². The highest BCUT2D eigenvalue weighted by atomic mass is 79.9. The lowest BCUT2D eigenvalue weighted by Crippen LogP contribution is -1.95. The number of rotatable bonds is 5. The number of aryl methyl sites for hydroxylation is 1. The van der Waals surface area contributed by atoms with Crippen molar-refractivity contribution in [2.75, 3.05) is 7.11 Å². The summed E-state index contributed by atoms with van der Waals surface area (Å²) in [7, 11) is 1.66. The SMILES string of the molecule is COc1ccc2c(C)cc3nnc(SCc4nnc(-c5ccc(Br)cc5)o4)n3c2c1. The van der Waals surface area contributed by atoms with Gasteiger partial charge in [0.25, 0.3) is 0 Å². The van der Waals surface area contributed by atoms with E-state index >= 15 is 0 Å². The number of fused-ring (bicyclic) bond motifs is 3. The van der Waals surface area contributed by atoms with Crippen molar-refractivity contribution in [3.8, 4) is 17.2 Å². The second kappa shape index (κ2) is 7.73. The van der Waals surface area contributed by atoms with Crippen molar-refractivity contribution >= 4 is 44.2 Å². The molecule has 0 aliphatic heterocycles. The van der Waals surface area contributed by atoms with Crippen LogP contribution in [0.4, 0.5) is 0 Å². The highest BCUT2D eigenvalue weighted by molar-refractivity contribution is 9.10. The van der Waals surface area contributed by atoms with Crippen LogP contribution < -0.4 is 4.74 Å². The molecule has 0 spiro atoms. The smallest absolute Gasteiger partial charge is 0.247 e. The second-order valence-electron chi connectivity index (χ2n) is 6.68. The van der Waals surface area contributed by atoms with Crippen LogP contribution in [0.5, 0.6) is 5.75 Å². The van der Waals surface area contributed by atoms with Gasteiger partial charge < -0.3 is 9.15 Å². The van der Waals surface area contributed by atoms with Gasteiger partial charge in [-0.3, -0.25) is 4.40 Å². The van der Waals surface area contributed by atoms with Crippen LogP contribution in [0.15, 0.2) is 62.6 Å². The third kappa shape index (κ3) is 3.44. The quantitative estimate of drug-likeness (QED) is 0.315. The molecular weight excluding hydrogens is 466 g/mol. The maximum absolute atomic E-state index is 5.83. The topological polar surface area (TPSA) is 78.3 Å². The maximum atomic E-state index is 5.83. The molecule has 0 aliphatic rings. The summed E-state index contributed by atoms with van der Waals surface area (Å²) in [5.74, 6) is 2.30. The van der Waals surface area contributed by atoms with E-state index in [0.717, 1.165) is 43.1 Å². The van der Waals surface area contributed by atoms with Gasteiger partial charge in [0.1, 0.15) is 5.75 Å². The normalized spacial score (nSPS) is 11.4. The summed E-state index contributed by atoms with van der Waals surface area (Å²) in [4.78, 5) is 0. The van der Waals surface area contributed by atoms with Crippen molar-refractivity contribution in [3.05, 3.63) is 64.5 Å². The number of pyridine rings is 1. The monoisotopic (exact) mass is 481 g/mol. The van der Waals surface area contributed by atoms with Gasteiger partial charge in [0.2, 0.25) is 11.8 Å². The van der Waals surface area contributed by atoms with E-state index < -0.39 is 0 Å². The predicted molar refractivity (Wildman–Crippen MR) is 119 cm³/mol. The van der Waals surface area contributed by atoms with Gasteiger partial charge in [0, 0.05) is 21.5 Å². The van der Waals surface area contributed by atoms with E-state index in [1.165, 1.54) is 11.8 Å². The Labute approximate surface area is 184 Å². The van der Waals surface area contributed by atoms with Crippen molar-refractivity contribution in [2.24, 2.45) is 0 Å². The van der Waals surface area contributed by atoms with Gasteiger partial charge in [-0.05, 0) is 55.0 Å². The minimum absolute atomic E-state index is 0.490. The number of hydrogen-bond acceptors (Lipinski definition) is 7. The molecule has 0 unspecified atom stereocenters. The van der Waals surface area contributed by atoms with Gasteiger partial charge in [-0.1, -0.05) is 27.7 Å². The third-order valence-electron chi connectivity index (χ3n) is 4.76. The summed E-state index contributed by atoms with van der Waals surface area (Å²) < 4.78 is 14.3. The lowest BCUT2D eigenvalue weighted by molar-refractivity contribution is 0.415. The molecule has 0 radical (unpaired) electrons. The van der Waals surface area contributed by atoms with Crippen LogP contribution in [0.25, 0.3) is 28.0 Å². The highest BCUT2D eigenvalue weighted by Crippen LogP contribution is 2.30. The summed E-state index contributed by atoms with van der Waals surface area (Å²) in [6, 6.07) is 15.8. The molecule has 0 saturated heterocycles. The first-order valence-electron chi connectivity index (χ1n) is 9.16. The molecule has 0 N–H and O–H groups in total. The Balaban J connectivity index is 1.46. The molecule has 30 heavy (non-hydrogen) atoms. The number of aromatic nitrogens is 5. The Bertz CT molecular complexity index is 1360. The van der Waals surface area contributed by atoms with E-state index in [0.29, 0.717) is 17.5 Å². The molecule has 0 saturated carbocycles. The number of halogens is 1. The second-order valence-corrected chi connectivity index (χ2v) is 8.54. The fourth-order valence-corrected chi connectivity index (χ4v) is 4.32. The fraction of sp³-hybridized carbons (Fsp3) is 0.143. The van der Waals surface area contributed by atoms with Gasteiger partial charge in [-0.15, -0.1) is 20.4 Å². The molecule has 0 bridgehead atoms. The van der Waals surface area contributed by atoms with Crippen LogP contribution >= 0.6 is 27.7 Å². The summed E-state index contributed by atoms with van der Waals surface area (Å²) in [6.07, 6.45) is 0. The molecule has 5 aromatic rings. The maximum Gasteiger partial charge on any atom is 0.247 e. The molecule has 0 aliphatic carbocycles. The molecule has 3 heterocycles. The average molecular weight is 482 g/mol. The lowest BCUT2D eigenvalue weighted by Gasteiger charge is -2.09. The Hall–Kier alpha value is -2.91. The Morgan fingerprint density at radius 3 is 2.67 bits per heavy atom. The first-order valence-corrected chi connectivity index (χ1v) is 10.9. The summed E-state index contributed by atoms with van der Waals surface area (Å²) in [5, 5.41) is 18.9. The van der Waals surface area contributed by atoms with Crippen molar-refractivity contribution < 1.29 is 9.15 Å². The van der Waals surface area contributed by atoms with Crippen LogP contribution in [0.2, 0.25) is 0 Å². The molecule has 2 aromatic carbocycles. The fourth-order valence-electron chi connectivity index (χ4n) is 3.27. The lowest BCUT2D eigenvalue weighted by atomic mass is 10.1. The first-order chi connectivity index (χ1) is 14.6. The zero-order valence-corrected chi connectivity index (χ0v) is 18.6. The van der Waals surface area contributed by atoms with Gasteiger partial charge in [-0.2, -0.15) is 0 Å². The third-order valence-corrected chi connectivity index (χ3v) is 6.20. The number of hydrogen-bond donors (Lipinski definition) is 0. The average Bonchev–Trinajstić information content (AvgIpc) is 3.39. The minimum atomic E-state index is 0.490. The Morgan fingerprint density at radius 2 is 1.87 bits per heavy atom. The predicted octanol–water partition coefficient (Wildman–Crippen LogP) is 5.30. The molecule has 5 rings (SSSR count). The zero-order valence-electron chi connectivity index (χ0n) is 16.2. The van der Waals surface area contributed by atoms with Crippen molar-refractivity contribution in [3.63, 3.8) is 0 Å². The van der Waals surface area contributed by atoms with E-state index in [2.05, 4.69) is 49.3 Å². The number of nitrogens with zero attached hydrogens (tertiary/aromatic N) is 5. The minimum Gasteiger partial charge on any atom is -0.497 e. The molecule has 3 aromatic heterocycles. The summed E-state index contributed by atoms with van der Waals surface area (Å²) >= 11 is 4.93. The van der Waals surface area contributed by atoms with Crippen LogP contribution in [-0.4, -0.2) is 31.9 Å². The zero-order chi connectivity index (χ0) is 20.7. The van der Waals surface area contributed by atoms with E-state index in [1.54, 1.807) is 7.11 Å². The van der Waals surface area contributed by atoms with Gasteiger partial charge in [0.15, 0.2) is 10.8 Å². The van der Waals surface area contributed by atoms with Crippen LogP contribution in [0.3, 0.4) is 0 Å². The summed E-state index contributed by atoms with van der Waals surface area (Å²) in [6.45, 7) is 2.07. The van der Waals surface area contributed by atoms with E-state index in [1.807, 2.05) is 46.9 Å². The standard InChI is InChI=1S/C21H16BrN5O2S/c1-12-9-18-23-26-21(27(18)17-10-15(28-2)7-8-16(12)17)30-11-19-24-25-20(29-19)13-3-5-14(22)6-4-13/h3-10H,11H2,1-2H3. The van der Waals surface area contributed by atoms with Gasteiger partial charge in [-0.25, -0.2) is 0 Å². The number of thioether (sulfide) groups is 1. The number of benzene rings is 2. The van der Waals surface area contributed by atoms with Crippen LogP contribution in [0.1, 0.15) is 11.5 Å². The molecule has 0 amide bonds. The van der Waals surface area contributed by atoms with Crippen molar-refractivity contribution in [1.82, 2.24) is 24.8 Å². The van der Waals surface area contributed by atoms with Gasteiger partial charge >= 0.3 is 0 Å². The number of methoxy groups -OCH3 is 1. The van der Waals surface area contributed by atoms with Crippen LogP contribution in [-0.2, 0) is 5.75 Å². The highest BCUT2D eigenvalue weighted by Gasteiger charge is 2.15. The molecule has 0 atom stereocenters. The Morgan fingerprint density at radius 1 is 1.03 bits per heavy atom. The molecule has 150 valence electrons. The molecule has 9 heteroatoms. The van der Waals surface area contributed by atoms with Crippen LogP contribution in [0, 0.1) is 6.92 Å². The summed E-state index contributed by atoms with van der Waals surface area (Å²) in [5.41, 5.74) is 3.80. The van der Waals surface area contributed by atoms with Crippen molar-refractivity contribution in [1.29, 1.82) is 0 Å². The molecule has 7 nitrogen and oxygen atoms in total. The first kappa shape index (κ1) is 19.1. The van der Waals surface area contributed by atoms with Crippen molar-refractivity contribution in [2.45, 2.75) is 17.8 Å². The largest absolute Gasteiger partial charge is 0.497 e. The van der Waals surface area contributed by atoms with E-state index in [9.17, 15) is 0 Å².